The predicted molar refractivity (Wildman–Crippen MR) is 79.5 cm³/mol. The lowest BCUT2D eigenvalue weighted by Crippen LogP contribution is -2.25. The van der Waals surface area contributed by atoms with Crippen LogP contribution in [0.4, 0.5) is 0 Å². The molecule has 0 saturated heterocycles. The highest BCUT2D eigenvalue weighted by atomic mass is 16.5. The van der Waals surface area contributed by atoms with Crippen LogP contribution in [0, 0.1) is 0 Å². The fraction of sp³-hybridized carbons (Fsp3) is 0.625. The number of nitrogens with one attached hydrogen (secondary N) is 1. The molecule has 1 aromatic carbocycles. The zero-order valence-electron chi connectivity index (χ0n) is 12.6. The van der Waals surface area contributed by atoms with Gasteiger partial charge in [-0.1, -0.05) is 37.6 Å². The van der Waals surface area contributed by atoms with Gasteiger partial charge in [0.2, 0.25) is 0 Å². The van der Waals surface area contributed by atoms with Crippen LogP contribution < -0.4 is 5.32 Å². The van der Waals surface area contributed by atoms with Gasteiger partial charge in [0.1, 0.15) is 0 Å². The molecule has 1 rings (SSSR count). The van der Waals surface area contributed by atoms with E-state index in [0.717, 1.165) is 6.42 Å². The average Bonchev–Trinajstić information content (AvgIpc) is 2.42. The molecule has 0 radical (unpaired) electrons. The van der Waals surface area contributed by atoms with Crippen LogP contribution in [-0.4, -0.2) is 33.5 Å². The molecule has 3 nitrogen and oxygen atoms in total. The van der Waals surface area contributed by atoms with Crippen molar-refractivity contribution in [2.45, 2.75) is 38.8 Å². The molecule has 0 aromatic heterocycles. The van der Waals surface area contributed by atoms with E-state index in [1.807, 2.05) is 14.0 Å². The molecule has 0 amide bonds. The number of likely N-dealkylation sites (N-methyl/N-ethyl adjacent to an activating group) is 1. The summed E-state index contributed by atoms with van der Waals surface area (Å²) in [5, 5.41) is 3.30. The van der Waals surface area contributed by atoms with Gasteiger partial charge in [-0.2, -0.15) is 0 Å². The van der Waals surface area contributed by atoms with Gasteiger partial charge in [0.25, 0.3) is 0 Å². The Morgan fingerprint density at radius 2 is 1.84 bits per heavy atom. The fourth-order valence-electron chi connectivity index (χ4n) is 2.09. The van der Waals surface area contributed by atoms with Crippen molar-refractivity contribution in [3.8, 4) is 0 Å². The number of hydrogen-bond donors (Lipinski definition) is 1. The number of aryl methyl sites for hydroxylation is 1. The predicted octanol–water partition coefficient (Wildman–Crippen LogP) is 2.95. The molecule has 0 fully saturated rings. The molecular weight excluding hydrogens is 238 g/mol. The van der Waals surface area contributed by atoms with E-state index in [9.17, 15) is 0 Å². The second-order valence-electron chi connectivity index (χ2n) is 4.93. The summed E-state index contributed by atoms with van der Waals surface area (Å²) >= 11 is 0. The van der Waals surface area contributed by atoms with Gasteiger partial charge in [-0.3, -0.25) is 0 Å². The number of rotatable bonds is 9. The van der Waals surface area contributed by atoms with Gasteiger partial charge in [0.15, 0.2) is 0 Å². The summed E-state index contributed by atoms with van der Waals surface area (Å²) in [5.74, 6) is 0. The second kappa shape index (κ2) is 9.08. The lowest BCUT2D eigenvalue weighted by atomic mass is 10.0. The van der Waals surface area contributed by atoms with Crippen LogP contribution in [0.2, 0.25) is 0 Å². The highest BCUT2D eigenvalue weighted by molar-refractivity contribution is 5.25. The van der Waals surface area contributed by atoms with Crippen LogP contribution in [-0.2, 0) is 15.9 Å². The Kier molecular flexibility index (Phi) is 7.72. The van der Waals surface area contributed by atoms with Crippen LogP contribution in [0.15, 0.2) is 24.3 Å². The molecular formula is C16H27NO2. The van der Waals surface area contributed by atoms with Crippen LogP contribution in [0.1, 0.15) is 37.4 Å². The standard InChI is InChI=1S/C16H27NO2/c1-5-6-14-7-9-15(10-8-14)16(17-3)12-19-13(2)11-18-4/h7-10,13,16-17H,5-6,11-12H2,1-4H3. The van der Waals surface area contributed by atoms with Crippen molar-refractivity contribution >= 4 is 0 Å². The molecule has 2 unspecified atom stereocenters. The number of hydrogen-bond acceptors (Lipinski definition) is 3. The fourth-order valence-corrected chi connectivity index (χ4v) is 2.09. The van der Waals surface area contributed by atoms with Gasteiger partial charge in [-0.15, -0.1) is 0 Å². The lowest BCUT2D eigenvalue weighted by Gasteiger charge is -2.20. The van der Waals surface area contributed by atoms with Gasteiger partial charge >= 0.3 is 0 Å². The van der Waals surface area contributed by atoms with E-state index >= 15 is 0 Å². The van der Waals surface area contributed by atoms with Crippen molar-refractivity contribution in [2.75, 3.05) is 27.4 Å². The van der Waals surface area contributed by atoms with E-state index in [1.165, 1.54) is 17.5 Å². The zero-order chi connectivity index (χ0) is 14.1. The average molecular weight is 265 g/mol. The first-order valence-electron chi connectivity index (χ1n) is 7.07. The Morgan fingerprint density at radius 3 is 2.37 bits per heavy atom. The molecule has 0 heterocycles. The topological polar surface area (TPSA) is 30.5 Å². The highest BCUT2D eigenvalue weighted by Gasteiger charge is 2.11. The maximum Gasteiger partial charge on any atom is 0.0781 e. The molecule has 0 bridgehead atoms. The van der Waals surface area contributed by atoms with Gasteiger partial charge in [0.05, 0.1) is 25.4 Å². The molecule has 3 heteroatoms. The van der Waals surface area contributed by atoms with Gasteiger partial charge in [-0.05, 0) is 31.5 Å². The first-order chi connectivity index (χ1) is 9.21. The molecule has 1 aromatic rings. The second-order valence-corrected chi connectivity index (χ2v) is 4.93. The Morgan fingerprint density at radius 1 is 1.16 bits per heavy atom. The summed E-state index contributed by atoms with van der Waals surface area (Å²) in [7, 11) is 3.66. The third kappa shape index (κ3) is 5.72. The summed E-state index contributed by atoms with van der Waals surface area (Å²) in [5.41, 5.74) is 2.67. The maximum absolute atomic E-state index is 5.78. The van der Waals surface area contributed by atoms with Crippen molar-refractivity contribution in [3.63, 3.8) is 0 Å². The first kappa shape index (κ1) is 16.2. The molecule has 2 atom stereocenters. The number of methoxy groups -OCH3 is 1. The van der Waals surface area contributed by atoms with Crippen LogP contribution in [0.25, 0.3) is 0 Å². The molecule has 19 heavy (non-hydrogen) atoms. The van der Waals surface area contributed by atoms with Crippen molar-refractivity contribution in [3.05, 3.63) is 35.4 Å². The van der Waals surface area contributed by atoms with E-state index in [4.69, 9.17) is 9.47 Å². The van der Waals surface area contributed by atoms with E-state index < -0.39 is 0 Å². The molecule has 1 N–H and O–H groups in total. The summed E-state index contributed by atoms with van der Waals surface area (Å²) < 4.78 is 10.9. The Labute approximate surface area is 117 Å². The molecule has 0 aliphatic heterocycles. The van der Waals surface area contributed by atoms with Crippen LogP contribution in [0.5, 0.6) is 0 Å². The molecule has 0 spiro atoms. The van der Waals surface area contributed by atoms with Crippen molar-refractivity contribution in [1.29, 1.82) is 0 Å². The summed E-state index contributed by atoms with van der Waals surface area (Å²) in [6.07, 6.45) is 2.46. The highest BCUT2D eigenvalue weighted by Crippen LogP contribution is 2.15. The Hall–Kier alpha value is -0.900. The minimum Gasteiger partial charge on any atom is -0.382 e. The van der Waals surface area contributed by atoms with Crippen molar-refractivity contribution in [2.24, 2.45) is 0 Å². The SMILES string of the molecule is CCCc1ccc(C(COC(C)COC)NC)cc1. The Balaban J connectivity index is 2.53. The Bertz CT molecular complexity index is 337. The molecule has 0 aliphatic carbocycles. The van der Waals surface area contributed by atoms with E-state index in [-0.39, 0.29) is 12.1 Å². The third-order valence-corrected chi connectivity index (χ3v) is 3.22. The minimum atomic E-state index is 0.125. The largest absolute Gasteiger partial charge is 0.382 e. The van der Waals surface area contributed by atoms with Crippen molar-refractivity contribution in [1.82, 2.24) is 5.32 Å². The van der Waals surface area contributed by atoms with Gasteiger partial charge < -0.3 is 14.8 Å². The quantitative estimate of drug-likeness (QED) is 0.744. The normalized spacial score (nSPS) is 14.3. The van der Waals surface area contributed by atoms with Crippen molar-refractivity contribution < 1.29 is 9.47 Å². The molecule has 0 aliphatic rings. The monoisotopic (exact) mass is 265 g/mol. The summed E-state index contributed by atoms with van der Waals surface area (Å²) in [4.78, 5) is 0. The number of ether oxygens (including phenoxy) is 2. The molecule has 0 saturated carbocycles. The van der Waals surface area contributed by atoms with Gasteiger partial charge in [-0.25, -0.2) is 0 Å². The maximum atomic E-state index is 5.78. The van der Waals surface area contributed by atoms with Gasteiger partial charge in [0, 0.05) is 7.11 Å². The minimum absolute atomic E-state index is 0.125. The van der Waals surface area contributed by atoms with Crippen LogP contribution >= 0.6 is 0 Å². The summed E-state index contributed by atoms with van der Waals surface area (Å²) in [6.45, 7) is 5.52. The lowest BCUT2D eigenvalue weighted by molar-refractivity contribution is 0.000210. The number of benzene rings is 1. The third-order valence-electron chi connectivity index (χ3n) is 3.22. The zero-order valence-corrected chi connectivity index (χ0v) is 12.6. The van der Waals surface area contributed by atoms with E-state index in [2.05, 4.69) is 36.5 Å². The van der Waals surface area contributed by atoms with Crippen LogP contribution in [0.3, 0.4) is 0 Å². The first-order valence-corrected chi connectivity index (χ1v) is 7.07. The molecule has 108 valence electrons. The van der Waals surface area contributed by atoms with E-state index in [0.29, 0.717) is 13.2 Å². The summed E-state index contributed by atoms with van der Waals surface area (Å²) in [6, 6.07) is 9.03. The van der Waals surface area contributed by atoms with E-state index in [1.54, 1.807) is 7.11 Å². The smallest absolute Gasteiger partial charge is 0.0781 e.